The summed E-state index contributed by atoms with van der Waals surface area (Å²) in [5.41, 5.74) is 9.08. The van der Waals surface area contributed by atoms with Crippen molar-refractivity contribution in [3.8, 4) is 0 Å². The van der Waals surface area contributed by atoms with Crippen LogP contribution in [0, 0.1) is 10.6 Å². The van der Waals surface area contributed by atoms with Crippen LogP contribution in [0.4, 0.5) is 4.39 Å². The third kappa shape index (κ3) is 2.24. The van der Waals surface area contributed by atoms with Crippen molar-refractivity contribution in [3.63, 3.8) is 0 Å². The molecule has 1 heterocycles. The van der Waals surface area contributed by atoms with Gasteiger partial charge in [0.25, 0.3) is 0 Å². The van der Waals surface area contributed by atoms with Gasteiger partial charge in [0.15, 0.2) is 4.77 Å². The monoisotopic (exact) mass is 277 g/mol. The molecule has 19 heavy (non-hydrogen) atoms. The van der Waals surface area contributed by atoms with E-state index in [0.717, 1.165) is 30.5 Å². The van der Waals surface area contributed by atoms with Crippen molar-refractivity contribution in [3.05, 3.63) is 51.8 Å². The summed E-state index contributed by atoms with van der Waals surface area (Å²) < 4.78 is 16.1. The van der Waals surface area contributed by atoms with Crippen molar-refractivity contribution in [1.82, 2.24) is 9.55 Å². The minimum Gasteiger partial charge on any atom is -0.337 e. The van der Waals surface area contributed by atoms with Crippen LogP contribution in [0.2, 0.25) is 0 Å². The highest BCUT2D eigenvalue weighted by Crippen LogP contribution is 2.30. The normalized spacial score (nSPS) is 18.3. The van der Waals surface area contributed by atoms with E-state index in [9.17, 15) is 4.39 Å². The quantitative estimate of drug-likeness (QED) is 0.829. The lowest BCUT2D eigenvalue weighted by Crippen LogP contribution is -2.21. The Balaban J connectivity index is 1.97. The molecule has 100 valence electrons. The highest BCUT2D eigenvalue weighted by molar-refractivity contribution is 7.71. The van der Waals surface area contributed by atoms with Gasteiger partial charge >= 0.3 is 0 Å². The van der Waals surface area contributed by atoms with Crippen LogP contribution in [0.3, 0.4) is 0 Å². The van der Waals surface area contributed by atoms with Gasteiger partial charge in [-0.2, -0.15) is 0 Å². The number of benzene rings is 1. The number of aromatic nitrogens is 2. The lowest BCUT2D eigenvalue weighted by atomic mass is 9.88. The first kappa shape index (κ1) is 12.6. The molecular weight excluding hydrogens is 261 g/mol. The van der Waals surface area contributed by atoms with Crippen molar-refractivity contribution in [1.29, 1.82) is 0 Å². The second-order valence-electron chi connectivity index (χ2n) is 4.97. The molecule has 0 radical (unpaired) electrons. The summed E-state index contributed by atoms with van der Waals surface area (Å²) in [5.74, 6) is -0.170. The van der Waals surface area contributed by atoms with Gasteiger partial charge in [-0.3, -0.25) is 0 Å². The van der Waals surface area contributed by atoms with Gasteiger partial charge in [0.1, 0.15) is 5.82 Å². The van der Waals surface area contributed by atoms with E-state index in [-0.39, 0.29) is 11.9 Å². The zero-order valence-corrected chi connectivity index (χ0v) is 11.3. The first-order valence-electron chi connectivity index (χ1n) is 6.45. The summed E-state index contributed by atoms with van der Waals surface area (Å²) in [7, 11) is 0. The molecule has 1 aliphatic rings. The summed E-state index contributed by atoms with van der Waals surface area (Å²) in [6.07, 6.45) is 4.64. The molecule has 2 aromatic rings. The molecule has 1 aromatic heterocycles. The third-order valence-electron chi connectivity index (χ3n) is 3.84. The number of nitrogens with one attached hydrogen (secondary N) is 1. The fourth-order valence-corrected chi connectivity index (χ4v) is 3.22. The molecule has 0 amide bonds. The summed E-state index contributed by atoms with van der Waals surface area (Å²) in [6.45, 7) is 0.458. The van der Waals surface area contributed by atoms with Gasteiger partial charge in [-0.05, 0) is 54.7 Å². The second-order valence-corrected chi connectivity index (χ2v) is 5.36. The minimum absolute atomic E-state index is 0.170. The molecule has 3 rings (SSSR count). The number of H-pyrrole nitrogens is 1. The fraction of sp³-hybridized carbons (Fsp3) is 0.357. The number of nitrogens with zero attached hydrogens (tertiary/aromatic N) is 1. The van der Waals surface area contributed by atoms with E-state index in [4.69, 9.17) is 18.0 Å². The Labute approximate surface area is 116 Å². The van der Waals surface area contributed by atoms with Gasteiger partial charge in [-0.15, -0.1) is 0 Å². The number of aryl methyl sites for hydroxylation is 1. The number of hydrogen-bond donors (Lipinski definition) is 2. The van der Waals surface area contributed by atoms with Crippen molar-refractivity contribution >= 4 is 12.2 Å². The van der Waals surface area contributed by atoms with Crippen LogP contribution in [0.15, 0.2) is 24.4 Å². The molecule has 3 nitrogen and oxygen atoms in total. The van der Waals surface area contributed by atoms with E-state index in [1.54, 1.807) is 6.07 Å². The molecule has 0 fully saturated rings. The van der Waals surface area contributed by atoms with E-state index >= 15 is 0 Å². The van der Waals surface area contributed by atoms with Crippen LogP contribution in [0.1, 0.15) is 29.3 Å². The number of imidazole rings is 1. The molecule has 0 spiro atoms. The maximum atomic E-state index is 13.3. The molecule has 1 atom stereocenters. The van der Waals surface area contributed by atoms with E-state index < -0.39 is 0 Å². The molecule has 0 saturated heterocycles. The second kappa shape index (κ2) is 4.90. The number of halogens is 1. The van der Waals surface area contributed by atoms with Gasteiger partial charge in [0.05, 0.1) is 5.69 Å². The van der Waals surface area contributed by atoms with E-state index in [2.05, 4.69) is 9.55 Å². The van der Waals surface area contributed by atoms with Gasteiger partial charge in [0.2, 0.25) is 0 Å². The largest absolute Gasteiger partial charge is 0.337 e. The van der Waals surface area contributed by atoms with Gasteiger partial charge < -0.3 is 15.3 Å². The standard InChI is InChI=1S/C14H16FN3S/c15-11-3-1-9-2-4-12(6-10(9)5-11)18-13(7-16)8-17-14(18)19/h1,3,5,8,12H,2,4,6-7,16H2,(H,17,19)/t12-/m0/s1. The molecule has 1 aliphatic carbocycles. The Morgan fingerprint density at radius 1 is 1.42 bits per heavy atom. The van der Waals surface area contributed by atoms with Gasteiger partial charge in [0, 0.05) is 18.8 Å². The Morgan fingerprint density at radius 3 is 3.05 bits per heavy atom. The van der Waals surface area contributed by atoms with Crippen LogP contribution < -0.4 is 5.73 Å². The number of rotatable bonds is 2. The lowest BCUT2D eigenvalue weighted by Gasteiger charge is -2.27. The molecule has 5 heteroatoms. The molecule has 0 unspecified atom stereocenters. The number of aromatic amines is 1. The molecule has 1 aromatic carbocycles. The molecule has 0 aliphatic heterocycles. The number of hydrogen-bond acceptors (Lipinski definition) is 2. The maximum Gasteiger partial charge on any atom is 0.177 e. The third-order valence-corrected chi connectivity index (χ3v) is 4.15. The fourth-order valence-electron chi connectivity index (χ4n) is 2.90. The predicted octanol–water partition coefficient (Wildman–Crippen LogP) is 2.87. The predicted molar refractivity (Wildman–Crippen MR) is 75.0 cm³/mol. The first-order chi connectivity index (χ1) is 9.19. The van der Waals surface area contributed by atoms with Gasteiger partial charge in [-0.1, -0.05) is 6.07 Å². The zero-order chi connectivity index (χ0) is 13.4. The highest BCUT2D eigenvalue weighted by Gasteiger charge is 2.22. The molecular formula is C14H16FN3S. The average molecular weight is 277 g/mol. The molecule has 3 N–H and O–H groups in total. The Morgan fingerprint density at radius 2 is 2.26 bits per heavy atom. The van der Waals surface area contributed by atoms with Crippen molar-refractivity contribution < 1.29 is 4.39 Å². The van der Waals surface area contributed by atoms with Gasteiger partial charge in [-0.25, -0.2) is 4.39 Å². The lowest BCUT2D eigenvalue weighted by molar-refractivity contribution is 0.425. The zero-order valence-electron chi connectivity index (χ0n) is 10.5. The topological polar surface area (TPSA) is 46.7 Å². The Bertz CT molecular complexity index is 659. The smallest absolute Gasteiger partial charge is 0.177 e. The van der Waals surface area contributed by atoms with Crippen LogP contribution in [-0.4, -0.2) is 9.55 Å². The number of nitrogens with two attached hydrogens (primary N) is 1. The van der Waals surface area contributed by atoms with E-state index in [0.29, 0.717) is 11.3 Å². The first-order valence-corrected chi connectivity index (χ1v) is 6.86. The van der Waals surface area contributed by atoms with E-state index in [1.807, 2.05) is 12.3 Å². The van der Waals surface area contributed by atoms with E-state index in [1.165, 1.54) is 11.6 Å². The van der Waals surface area contributed by atoms with Crippen LogP contribution in [0.5, 0.6) is 0 Å². The van der Waals surface area contributed by atoms with Crippen molar-refractivity contribution in [2.45, 2.75) is 31.8 Å². The molecule has 0 saturated carbocycles. The summed E-state index contributed by atoms with van der Waals surface area (Å²) in [5, 5.41) is 0. The highest BCUT2D eigenvalue weighted by atomic mass is 32.1. The van der Waals surface area contributed by atoms with Crippen LogP contribution in [-0.2, 0) is 19.4 Å². The minimum atomic E-state index is -0.170. The van der Waals surface area contributed by atoms with Crippen LogP contribution in [0.25, 0.3) is 0 Å². The SMILES string of the molecule is NCc1c[nH]c(=S)n1[C@H]1CCc2ccc(F)cc2C1. The van der Waals surface area contributed by atoms with Crippen LogP contribution >= 0.6 is 12.2 Å². The maximum absolute atomic E-state index is 13.3. The van der Waals surface area contributed by atoms with Crippen molar-refractivity contribution in [2.75, 3.05) is 0 Å². The summed E-state index contributed by atoms with van der Waals surface area (Å²) in [4.78, 5) is 3.04. The summed E-state index contributed by atoms with van der Waals surface area (Å²) in [6, 6.07) is 5.33. The summed E-state index contributed by atoms with van der Waals surface area (Å²) >= 11 is 5.32. The average Bonchev–Trinajstić information content (AvgIpc) is 2.79. The number of fused-ring (bicyclic) bond motifs is 1. The van der Waals surface area contributed by atoms with Crippen molar-refractivity contribution in [2.24, 2.45) is 5.73 Å². The Kier molecular flexibility index (Phi) is 3.24. The Hall–Kier alpha value is -1.46. The molecule has 0 bridgehead atoms.